The van der Waals surface area contributed by atoms with Crippen LogP contribution in [-0.4, -0.2) is 22.2 Å². The summed E-state index contributed by atoms with van der Waals surface area (Å²) in [5.41, 5.74) is 2.35. The van der Waals surface area contributed by atoms with Crippen molar-refractivity contribution >= 4 is 11.9 Å². The highest BCUT2D eigenvalue weighted by Gasteiger charge is 2.23. The van der Waals surface area contributed by atoms with Crippen LogP contribution < -0.4 is 9.47 Å². The number of phenolic OH excluding ortho intramolecular Hbond substituents is 2. The summed E-state index contributed by atoms with van der Waals surface area (Å²) in [5.74, 6) is -0.0181. The normalized spacial score (nSPS) is 11.0. The molecule has 4 aromatic carbocycles. The Kier molecular flexibility index (Phi) is 6.55. The number of phenols is 2. The maximum absolute atomic E-state index is 12.3. The summed E-state index contributed by atoms with van der Waals surface area (Å²) in [6, 6.07) is 26.3. The Morgan fingerprint density at radius 3 is 1.17 bits per heavy atom. The molecule has 0 fully saturated rings. The number of esters is 2. The first kappa shape index (κ1) is 23.6. The molecule has 0 aromatic heterocycles. The van der Waals surface area contributed by atoms with Gasteiger partial charge in [-0.1, -0.05) is 38.1 Å². The lowest BCUT2D eigenvalue weighted by Gasteiger charge is -2.26. The number of hydrogen-bond acceptors (Lipinski definition) is 6. The molecule has 0 aliphatic heterocycles. The van der Waals surface area contributed by atoms with Crippen LogP contribution in [0.25, 0.3) is 0 Å². The predicted octanol–water partition coefficient (Wildman–Crippen LogP) is 5.86. The van der Waals surface area contributed by atoms with E-state index in [1.165, 1.54) is 48.5 Å². The van der Waals surface area contributed by atoms with Crippen LogP contribution in [0.1, 0.15) is 45.7 Å². The number of carbonyl (C=O) groups is 2. The molecule has 2 N–H and O–H groups in total. The molecule has 176 valence electrons. The van der Waals surface area contributed by atoms with Crippen LogP contribution in [0.3, 0.4) is 0 Å². The number of rotatable bonds is 6. The van der Waals surface area contributed by atoms with E-state index in [9.17, 15) is 19.8 Å². The second-order valence-electron chi connectivity index (χ2n) is 8.55. The first-order chi connectivity index (χ1) is 16.7. The lowest BCUT2D eigenvalue weighted by Crippen LogP contribution is -2.19. The van der Waals surface area contributed by atoms with Gasteiger partial charge in [0.25, 0.3) is 0 Å². The number of carbonyl (C=O) groups excluding carboxylic acids is 2. The van der Waals surface area contributed by atoms with Crippen molar-refractivity contribution in [3.8, 4) is 23.0 Å². The zero-order valence-electron chi connectivity index (χ0n) is 19.3. The monoisotopic (exact) mass is 468 g/mol. The van der Waals surface area contributed by atoms with Gasteiger partial charge in [-0.25, -0.2) is 9.59 Å². The van der Waals surface area contributed by atoms with Gasteiger partial charge in [-0.05, 0) is 83.9 Å². The van der Waals surface area contributed by atoms with Crippen LogP contribution in [0.2, 0.25) is 0 Å². The lowest BCUT2D eigenvalue weighted by atomic mass is 9.78. The average Bonchev–Trinajstić information content (AvgIpc) is 2.85. The summed E-state index contributed by atoms with van der Waals surface area (Å²) in [4.78, 5) is 24.6. The zero-order valence-corrected chi connectivity index (χ0v) is 19.3. The molecule has 6 nitrogen and oxygen atoms in total. The van der Waals surface area contributed by atoms with Crippen LogP contribution in [0.5, 0.6) is 23.0 Å². The summed E-state index contributed by atoms with van der Waals surface area (Å²) >= 11 is 0. The Labute approximate surface area is 203 Å². The molecule has 6 heteroatoms. The van der Waals surface area contributed by atoms with Crippen molar-refractivity contribution in [2.24, 2.45) is 0 Å². The number of hydrogen-bond donors (Lipinski definition) is 2. The number of benzene rings is 4. The predicted molar refractivity (Wildman–Crippen MR) is 131 cm³/mol. The third kappa shape index (κ3) is 5.50. The van der Waals surface area contributed by atoms with E-state index in [0.29, 0.717) is 22.6 Å². The molecule has 4 rings (SSSR count). The lowest BCUT2D eigenvalue weighted by molar-refractivity contribution is 0.0725. The van der Waals surface area contributed by atoms with Gasteiger partial charge in [-0.3, -0.25) is 0 Å². The molecule has 0 atom stereocenters. The van der Waals surface area contributed by atoms with Gasteiger partial charge in [-0.2, -0.15) is 0 Å². The summed E-state index contributed by atoms with van der Waals surface area (Å²) < 4.78 is 10.9. The average molecular weight is 469 g/mol. The molecule has 0 heterocycles. The van der Waals surface area contributed by atoms with Gasteiger partial charge < -0.3 is 19.7 Å². The fourth-order valence-corrected chi connectivity index (χ4v) is 3.57. The topological polar surface area (TPSA) is 93.1 Å². The van der Waals surface area contributed by atoms with E-state index in [1.807, 2.05) is 24.3 Å². The van der Waals surface area contributed by atoms with Crippen molar-refractivity contribution in [1.82, 2.24) is 0 Å². The van der Waals surface area contributed by atoms with Crippen molar-refractivity contribution < 1.29 is 29.3 Å². The van der Waals surface area contributed by atoms with E-state index in [4.69, 9.17) is 9.47 Å². The van der Waals surface area contributed by atoms with Crippen molar-refractivity contribution in [2.45, 2.75) is 19.3 Å². The smallest absolute Gasteiger partial charge is 0.343 e. The van der Waals surface area contributed by atoms with Crippen LogP contribution in [0, 0.1) is 0 Å². The van der Waals surface area contributed by atoms with Gasteiger partial charge >= 0.3 is 11.9 Å². The second-order valence-corrected chi connectivity index (χ2v) is 8.55. The van der Waals surface area contributed by atoms with E-state index in [1.54, 1.807) is 24.3 Å². The van der Waals surface area contributed by atoms with Crippen LogP contribution >= 0.6 is 0 Å². The standard InChI is InChI=1S/C29H24O6/c1-29(2,21-7-15-25(16-8-21)34-27(32)19-3-11-23(30)12-4-19)22-9-17-26(18-10-22)35-28(33)20-5-13-24(31)14-6-20/h3-18,30-31H,1-2H3. The van der Waals surface area contributed by atoms with Gasteiger partial charge in [0.15, 0.2) is 0 Å². The van der Waals surface area contributed by atoms with E-state index in [-0.39, 0.29) is 16.9 Å². The minimum Gasteiger partial charge on any atom is -0.508 e. The quantitative estimate of drug-likeness (QED) is 0.272. The van der Waals surface area contributed by atoms with Gasteiger partial charge in [-0.15, -0.1) is 0 Å². The molecule has 0 bridgehead atoms. The van der Waals surface area contributed by atoms with Crippen molar-refractivity contribution in [3.05, 3.63) is 119 Å². The molecule has 0 saturated carbocycles. The Morgan fingerprint density at radius 2 is 0.857 bits per heavy atom. The van der Waals surface area contributed by atoms with Crippen molar-refractivity contribution in [1.29, 1.82) is 0 Å². The Hall–Kier alpha value is -4.58. The molecule has 0 saturated heterocycles. The van der Waals surface area contributed by atoms with E-state index in [0.717, 1.165) is 11.1 Å². The van der Waals surface area contributed by atoms with Gasteiger partial charge in [0.1, 0.15) is 23.0 Å². The second kappa shape index (κ2) is 9.73. The molecule has 4 aromatic rings. The first-order valence-electron chi connectivity index (χ1n) is 11.0. The fourth-order valence-electron chi connectivity index (χ4n) is 3.57. The summed E-state index contributed by atoms with van der Waals surface area (Å²) in [6.45, 7) is 4.14. The van der Waals surface area contributed by atoms with Gasteiger partial charge in [0.05, 0.1) is 11.1 Å². The SMILES string of the molecule is CC(C)(c1ccc(OC(=O)c2ccc(O)cc2)cc1)c1ccc(OC(=O)c2ccc(O)cc2)cc1. The highest BCUT2D eigenvalue weighted by Crippen LogP contribution is 2.33. The first-order valence-corrected chi connectivity index (χ1v) is 11.0. The molecule has 0 spiro atoms. The van der Waals surface area contributed by atoms with Crippen LogP contribution in [0.15, 0.2) is 97.1 Å². The van der Waals surface area contributed by atoms with Crippen LogP contribution in [-0.2, 0) is 5.41 Å². The van der Waals surface area contributed by atoms with Gasteiger partial charge in [0, 0.05) is 5.41 Å². The Balaban J connectivity index is 1.43. The third-order valence-corrected chi connectivity index (χ3v) is 5.78. The summed E-state index contributed by atoms with van der Waals surface area (Å²) in [5, 5.41) is 18.7. The highest BCUT2D eigenvalue weighted by molar-refractivity contribution is 5.91. The zero-order chi connectivity index (χ0) is 25.0. The van der Waals surface area contributed by atoms with E-state index >= 15 is 0 Å². The summed E-state index contributed by atoms with van der Waals surface area (Å²) in [7, 11) is 0. The van der Waals surface area contributed by atoms with Crippen molar-refractivity contribution in [2.75, 3.05) is 0 Å². The van der Waals surface area contributed by atoms with Gasteiger partial charge in [0.2, 0.25) is 0 Å². The number of ether oxygens (including phenoxy) is 2. The number of aromatic hydroxyl groups is 2. The molecule has 0 radical (unpaired) electrons. The molecule has 0 aliphatic rings. The minimum absolute atomic E-state index is 0.0803. The van der Waals surface area contributed by atoms with E-state index in [2.05, 4.69) is 13.8 Å². The van der Waals surface area contributed by atoms with Crippen LogP contribution in [0.4, 0.5) is 0 Å². The van der Waals surface area contributed by atoms with E-state index < -0.39 is 11.9 Å². The summed E-state index contributed by atoms with van der Waals surface area (Å²) in [6.07, 6.45) is 0. The Bertz CT molecular complexity index is 1220. The molecular weight excluding hydrogens is 444 g/mol. The van der Waals surface area contributed by atoms with Crippen molar-refractivity contribution in [3.63, 3.8) is 0 Å². The Morgan fingerprint density at radius 1 is 0.543 bits per heavy atom. The fraction of sp³-hybridized carbons (Fsp3) is 0.103. The largest absolute Gasteiger partial charge is 0.508 e. The maximum Gasteiger partial charge on any atom is 0.343 e. The maximum atomic E-state index is 12.3. The molecular formula is C29H24O6. The third-order valence-electron chi connectivity index (χ3n) is 5.78. The molecule has 35 heavy (non-hydrogen) atoms. The minimum atomic E-state index is -0.505. The molecule has 0 aliphatic carbocycles. The molecule has 0 unspecified atom stereocenters. The highest BCUT2D eigenvalue weighted by atomic mass is 16.5. The molecule has 0 amide bonds.